The van der Waals surface area contributed by atoms with E-state index in [2.05, 4.69) is 21.2 Å². The second-order valence-electron chi connectivity index (χ2n) is 6.52. The van der Waals surface area contributed by atoms with Gasteiger partial charge in [0.1, 0.15) is 0 Å². The summed E-state index contributed by atoms with van der Waals surface area (Å²) in [4.78, 5) is 37.5. The van der Waals surface area contributed by atoms with E-state index in [1.54, 1.807) is 24.3 Å². The molecule has 0 unspecified atom stereocenters. The van der Waals surface area contributed by atoms with E-state index in [1.165, 1.54) is 24.0 Å². The summed E-state index contributed by atoms with van der Waals surface area (Å²) in [5.41, 5.74) is 2.80. The smallest absolute Gasteiger partial charge is 0.329 e. The van der Waals surface area contributed by atoms with Gasteiger partial charge in [-0.3, -0.25) is 14.4 Å². The van der Waals surface area contributed by atoms with Gasteiger partial charge in [-0.05, 0) is 36.4 Å². The van der Waals surface area contributed by atoms with E-state index in [-0.39, 0.29) is 17.6 Å². The molecule has 0 spiro atoms. The summed E-state index contributed by atoms with van der Waals surface area (Å²) in [6.45, 7) is 0. The fourth-order valence-electron chi connectivity index (χ4n) is 3.05. The van der Waals surface area contributed by atoms with Gasteiger partial charge in [0.15, 0.2) is 0 Å². The highest BCUT2D eigenvalue weighted by molar-refractivity contribution is 7.11. The molecule has 1 aromatic carbocycles. The van der Waals surface area contributed by atoms with Gasteiger partial charge in [-0.1, -0.05) is 37.5 Å². The Morgan fingerprint density at radius 3 is 2.54 bits per heavy atom. The lowest BCUT2D eigenvalue weighted by Gasteiger charge is -2.23. The molecule has 3 rings (SSSR count). The number of hydrogen-bond donors (Lipinski definition) is 3. The van der Waals surface area contributed by atoms with Crippen molar-refractivity contribution in [1.82, 2.24) is 10.7 Å². The molecule has 1 saturated carbocycles. The molecule has 1 aliphatic carbocycles. The highest BCUT2D eigenvalue weighted by atomic mass is 32.1. The maximum Gasteiger partial charge on any atom is 0.329 e. The molecule has 3 N–H and O–H groups in total. The van der Waals surface area contributed by atoms with Crippen LogP contribution in [0.25, 0.3) is 0 Å². The molecule has 0 saturated heterocycles. The number of rotatable bonds is 5. The minimum Gasteiger partial charge on any atom is -0.349 e. The Bertz CT molecular complexity index is 858. The zero-order valence-electron chi connectivity index (χ0n) is 15.3. The van der Waals surface area contributed by atoms with Crippen molar-refractivity contribution in [2.24, 2.45) is 5.10 Å². The van der Waals surface area contributed by atoms with Crippen LogP contribution in [0, 0.1) is 0 Å². The third-order valence-corrected chi connectivity index (χ3v) is 5.27. The van der Waals surface area contributed by atoms with Crippen LogP contribution in [0.4, 0.5) is 5.69 Å². The normalized spacial score (nSPS) is 14.6. The molecule has 7 nitrogen and oxygen atoms in total. The van der Waals surface area contributed by atoms with Crippen LogP contribution in [0.5, 0.6) is 0 Å². The molecule has 1 heterocycles. The fourth-order valence-corrected chi connectivity index (χ4v) is 3.63. The molecule has 28 heavy (non-hydrogen) atoms. The van der Waals surface area contributed by atoms with Gasteiger partial charge >= 0.3 is 11.8 Å². The van der Waals surface area contributed by atoms with Gasteiger partial charge in [-0.2, -0.15) is 5.10 Å². The van der Waals surface area contributed by atoms with Gasteiger partial charge in [-0.15, -0.1) is 11.3 Å². The van der Waals surface area contributed by atoms with Crippen LogP contribution in [0.3, 0.4) is 0 Å². The highest BCUT2D eigenvalue weighted by Crippen LogP contribution is 2.20. The highest BCUT2D eigenvalue weighted by Gasteiger charge is 2.20. The van der Waals surface area contributed by atoms with Crippen molar-refractivity contribution in [3.8, 4) is 0 Å². The molecular formula is C20H22N4O3S. The number of amides is 3. The van der Waals surface area contributed by atoms with Gasteiger partial charge in [0.05, 0.1) is 17.5 Å². The van der Waals surface area contributed by atoms with Crippen LogP contribution in [0.2, 0.25) is 0 Å². The summed E-state index contributed by atoms with van der Waals surface area (Å²) in [6, 6.07) is 10.5. The summed E-state index contributed by atoms with van der Waals surface area (Å²) in [5.74, 6) is -2.05. The number of benzene rings is 1. The largest absolute Gasteiger partial charge is 0.349 e. The van der Waals surface area contributed by atoms with Crippen molar-refractivity contribution in [3.63, 3.8) is 0 Å². The average molecular weight is 398 g/mol. The molecule has 1 aromatic heterocycles. The number of nitrogens with zero attached hydrogens (tertiary/aromatic N) is 1. The molecule has 1 fully saturated rings. The first-order valence-electron chi connectivity index (χ1n) is 9.21. The summed E-state index contributed by atoms with van der Waals surface area (Å²) >= 11 is 1.46. The number of carbonyl (C=O) groups excluding carboxylic acids is 3. The zero-order chi connectivity index (χ0) is 19.8. The molecule has 146 valence electrons. The third-order valence-electron chi connectivity index (χ3n) is 4.47. The third kappa shape index (κ3) is 5.50. The second-order valence-corrected chi connectivity index (χ2v) is 7.50. The van der Waals surface area contributed by atoms with Crippen molar-refractivity contribution in [1.29, 1.82) is 0 Å². The first-order valence-corrected chi connectivity index (χ1v) is 10.1. The van der Waals surface area contributed by atoms with Gasteiger partial charge in [0.2, 0.25) is 0 Å². The molecule has 0 atom stereocenters. The Morgan fingerprint density at radius 2 is 1.79 bits per heavy atom. The minimum absolute atomic E-state index is 0.153. The number of para-hydroxylation sites is 1. The maximum atomic E-state index is 12.6. The Kier molecular flexibility index (Phi) is 6.91. The topological polar surface area (TPSA) is 99.7 Å². The first kappa shape index (κ1) is 19.8. The van der Waals surface area contributed by atoms with E-state index in [0.29, 0.717) is 5.56 Å². The number of hydrogen-bond acceptors (Lipinski definition) is 5. The Hall–Kier alpha value is -3.00. The molecule has 0 bridgehead atoms. The van der Waals surface area contributed by atoms with Crippen molar-refractivity contribution in [2.45, 2.75) is 38.1 Å². The lowest BCUT2D eigenvalue weighted by Crippen LogP contribution is -2.37. The van der Waals surface area contributed by atoms with Crippen molar-refractivity contribution >= 4 is 41.0 Å². The van der Waals surface area contributed by atoms with E-state index in [9.17, 15) is 14.4 Å². The van der Waals surface area contributed by atoms with E-state index in [4.69, 9.17) is 0 Å². The van der Waals surface area contributed by atoms with Crippen LogP contribution in [0.1, 0.15) is 47.3 Å². The lowest BCUT2D eigenvalue weighted by atomic mass is 9.95. The number of anilines is 1. The summed E-state index contributed by atoms with van der Waals surface area (Å²) in [7, 11) is 0. The lowest BCUT2D eigenvalue weighted by molar-refractivity contribution is -0.136. The van der Waals surface area contributed by atoms with Crippen molar-refractivity contribution in [3.05, 3.63) is 52.2 Å². The van der Waals surface area contributed by atoms with E-state index < -0.39 is 11.8 Å². The van der Waals surface area contributed by atoms with Gasteiger partial charge in [0.25, 0.3) is 5.91 Å². The van der Waals surface area contributed by atoms with E-state index >= 15 is 0 Å². The van der Waals surface area contributed by atoms with Gasteiger partial charge < -0.3 is 10.6 Å². The molecule has 0 aliphatic heterocycles. The second kappa shape index (κ2) is 9.80. The Morgan fingerprint density at radius 1 is 1.00 bits per heavy atom. The summed E-state index contributed by atoms with van der Waals surface area (Å²) < 4.78 is 0. The number of carbonyl (C=O) groups is 3. The molecule has 1 aliphatic rings. The number of nitrogens with one attached hydrogen (secondary N) is 3. The number of hydrazone groups is 1. The predicted octanol–water partition coefficient (Wildman–Crippen LogP) is 2.90. The molecule has 2 aromatic rings. The molecule has 3 amide bonds. The van der Waals surface area contributed by atoms with Gasteiger partial charge in [0, 0.05) is 10.9 Å². The summed E-state index contributed by atoms with van der Waals surface area (Å²) in [6.07, 6.45) is 6.80. The SMILES string of the molecule is O=C(N/N=C/c1cccs1)C(=O)Nc1ccccc1C(=O)NC1CCCCC1. The van der Waals surface area contributed by atoms with Crippen molar-refractivity contribution in [2.75, 3.05) is 5.32 Å². The van der Waals surface area contributed by atoms with Crippen LogP contribution >= 0.6 is 11.3 Å². The molecular weight excluding hydrogens is 376 g/mol. The molecule has 0 radical (unpaired) electrons. The quantitative estimate of drug-likeness (QED) is 0.410. The number of thiophene rings is 1. The van der Waals surface area contributed by atoms with Crippen LogP contribution in [-0.2, 0) is 9.59 Å². The monoisotopic (exact) mass is 398 g/mol. The Balaban J connectivity index is 1.59. The zero-order valence-corrected chi connectivity index (χ0v) is 16.1. The predicted molar refractivity (Wildman–Crippen MR) is 109 cm³/mol. The van der Waals surface area contributed by atoms with Crippen LogP contribution < -0.4 is 16.1 Å². The van der Waals surface area contributed by atoms with E-state index in [1.807, 2.05) is 17.5 Å². The fraction of sp³-hybridized carbons (Fsp3) is 0.300. The average Bonchev–Trinajstić information content (AvgIpc) is 3.22. The minimum atomic E-state index is -0.907. The van der Waals surface area contributed by atoms with Gasteiger partial charge in [-0.25, -0.2) is 5.43 Å². The maximum absolute atomic E-state index is 12.6. The van der Waals surface area contributed by atoms with E-state index in [0.717, 1.165) is 30.6 Å². The molecule has 8 heteroatoms. The van der Waals surface area contributed by atoms with Crippen molar-refractivity contribution < 1.29 is 14.4 Å². The van der Waals surface area contributed by atoms with Crippen LogP contribution in [-0.4, -0.2) is 30.0 Å². The summed E-state index contributed by atoms with van der Waals surface area (Å²) in [5, 5.41) is 11.1. The Labute approximate surface area is 167 Å². The van der Waals surface area contributed by atoms with Crippen LogP contribution in [0.15, 0.2) is 46.9 Å². The standard InChI is InChI=1S/C20H22N4O3S/c25-18(22-14-7-2-1-3-8-14)16-10-4-5-11-17(16)23-19(26)20(27)24-21-13-15-9-6-12-28-15/h4-6,9-14H,1-3,7-8H2,(H,22,25)(H,23,26)(H,24,27)/b21-13+. The first-order chi connectivity index (χ1) is 13.6.